The van der Waals surface area contributed by atoms with Crippen LogP contribution < -0.4 is 5.73 Å². The molecule has 0 saturated carbocycles. The minimum Gasteiger partial charge on any atom is -0.324 e. The van der Waals surface area contributed by atoms with Crippen molar-refractivity contribution in [3.8, 4) is 5.69 Å². The van der Waals surface area contributed by atoms with E-state index >= 15 is 0 Å². The zero-order valence-corrected chi connectivity index (χ0v) is 8.31. The van der Waals surface area contributed by atoms with Gasteiger partial charge in [0.05, 0.1) is 6.54 Å². The van der Waals surface area contributed by atoms with Gasteiger partial charge in [0.1, 0.15) is 23.2 Å². The first-order valence-corrected chi connectivity index (χ1v) is 4.60. The van der Waals surface area contributed by atoms with Gasteiger partial charge < -0.3 is 5.73 Å². The normalized spacial score (nSPS) is 10.6. The molecular formula is C10H11FN4. The van der Waals surface area contributed by atoms with Crippen molar-refractivity contribution in [2.75, 3.05) is 0 Å². The molecule has 0 bridgehead atoms. The molecule has 5 heteroatoms. The molecule has 0 unspecified atom stereocenters. The third-order valence-electron chi connectivity index (χ3n) is 2.04. The molecule has 0 amide bonds. The lowest BCUT2D eigenvalue weighted by atomic mass is 10.3. The highest BCUT2D eigenvalue weighted by Crippen LogP contribution is 2.13. The van der Waals surface area contributed by atoms with Gasteiger partial charge in [-0.1, -0.05) is 12.1 Å². The van der Waals surface area contributed by atoms with Crippen LogP contribution in [0.2, 0.25) is 0 Å². The first-order chi connectivity index (χ1) is 7.22. The van der Waals surface area contributed by atoms with Crippen LogP contribution in [0.3, 0.4) is 0 Å². The summed E-state index contributed by atoms with van der Waals surface area (Å²) in [5, 5.41) is 4.10. The highest BCUT2D eigenvalue weighted by atomic mass is 19.1. The molecule has 0 aliphatic carbocycles. The fraction of sp³-hybridized carbons (Fsp3) is 0.200. The van der Waals surface area contributed by atoms with E-state index in [9.17, 15) is 4.39 Å². The number of aryl methyl sites for hydroxylation is 1. The van der Waals surface area contributed by atoms with Crippen LogP contribution in [0.25, 0.3) is 5.69 Å². The molecule has 0 spiro atoms. The summed E-state index contributed by atoms with van der Waals surface area (Å²) in [4.78, 5) is 4.11. The summed E-state index contributed by atoms with van der Waals surface area (Å²) in [6.07, 6.45) is 0. The molecule has 0 aliphatic heterocycles. The Morgan fingerprint density at radius 2 is 2.13 bits per heavy atom. The number of halogens is 1. The number of hydrogen-bond acceptors (Lipinski definition) is 3. The number of nitrogens with two attached hydrogens (primary N) is 1. The molecule has 0 aliphatic rings. The Kier molecular flexibility index (Phi) is 2.47. The molecule has 1 aromatic carbocycles. The largest absolute Gasteiger partial charge is 0.324 e. The van der Waals surface area contributed by atoms with Crippen LogP contribution in [0.1, 0.15) is 11.6 Å². The van der Waals surface area contributed by atoms with Crippen LogP contribution in [-0.2, 0) is 6.54 Å². The lowest BCUT2D eigenvalue weighted by Crippen LogP contribution is -2.09. The number of para-hydroxylation sites is 1. The highest BCUT2D eigenvalue weighted by Gasteiger charge is 2.10. The molecule has 0 atom stereocenters. The van der Waals surface area contributed by atoms with Crippen molar-refractivity contribution >= 4 is 0 Å². The number of benzene rings is 1. The fourth-order valence-corrected chi connectivity index (χ4v) is 1.41. The maximum absolute atomic E-state index is 13.5. The number of aromatic nitrogens is 3. The molecule has 1 aromatic heterocycles. The molecule has 4 nitrogen and oxygen atoms in total. The van der Waals surface area contributed by atoms with Crippen molar-refractivity contribution in [1.29, 1.82) is 0 Å². The van der Waals surface area contributed by atoms with Gasteiger partial charge in [0.25, 0.3) is 0 Å². The van der Waals surface area contributed by atoms with Crippen molar-refractivity contribution in [1.82, 2.24) is 14.8 Å². The Morgan fingerprint density at radius 3 is 2.80 bits per heavy atom. The smallest absolute Gasteiger partial charge is 0.148 e. The maximum atomic E-state index is 13.5. The van der Waals surface area contributed by atoms with Crippen LogP contribution in [0, 0.1) is 12.7 Å². The van der Waals surface area contributed by atoms with E-state index in [0.717, 1.165) is 0 Å². The summed E-state index contributed by atoms with van der Waals surface area (Å²) in [6.45, 7) is 1.98. The van der Waals surface area contributed by atoms with E-state index < -0.39 is 0 Å². The second-order valence-electron chi connectivity index (χ2n) is 3.14. The van der Waals surface area contributed by atoms with Gasteiger partial charge in [-0.25, -0.2) is 14.1 Å². The molecular weight excluding hydrogens is 195 g/mol. The van der Waals surface area contributed by atoms with Gasteiger partial charge in [-0.3, -0.25) is 0 Å². The highest BCUT2D eigenvalue weighted by molar-refractivity contribution is 5.33. The average Bonchev–Trinajstić information content (AvgIpc) is 2.60. The zero-order valence-electron chi connectivity index (χ0n) is 8.31. The third kappa shape index (κ3) is 1.73. The first kappa shape index (κ1) is 9.79. The van der Waals surface area contributed by atoms with E-state index in [4.69, 9.17) is 5.73 Å². The van der Waals surface area contributed by atoms with Crippen molar-refractivity contribution in [3.63, 3.8) is 0 Å². The second kappa shape index (κ2) is 3.78. The van der Waals surface area contributed by atoms with Gasteiger partial charge in [-0.2, -0.15) is 5.10 Å². The van der Waals surface area contributed by atoms with Crippen LogP contribution in [0.5, 0.6) is 0 Å². The fourth-order valence-electron chi connectivity index (χ4n) is 1.41. The monoisotopic (exact) mass is 206 g/mol. The minimum atomic E-state index is -0.336. The van der Waals surface area contributed by atoms with E-state index in [1.54, 1.807) is 25.1 Å². The molecule has 0 radical (unpaired) electrons. The van der Waals surface area contributed by atoms with Crippen LogP contribution >= 0.6 is 0 Å². The molecule has 1 heterocycles. The molecule has 78 valence electrons. The standard InChI is InChI=1S/C10H11FN4/c1-7-13-10(6-12)15(14-7)9-5-3-2-4-8(9)11/h2-5H,6,12H2,1H3. The summed E-state index contributed by atoms with van der Waals surface area (Å²) in [6, 6.07) is 6.40. The van der Waals surface area contributed by atoms with E-state index in [1.165, 1.54) is 10.7 Å². The van der Waals surface area contributed by atoms with Crippen molar-refractivity contribution in [2.45, 2.75) is 13.5 Å². The Morgan fingerprint density at radius 1 is 1.40 bits per heavy atom. The quantitative estimate of drug-likeness (QED) is 0.802. The Hall–Kier alpha value is -1.75. The van der Waals surface area contributed by atoms with Gasteiger partial charge in [-0.05, 0) is 19.1 Å². The number of rotatable bonds is 2. The van der Waals surface area contributed by atoms with Crippen LogP contribution in [0.4, 0.5) is 4.39 Å². The SMILES string of the molecule is Cc1nc(CN)n(-c2ccccc2F)n1. The summed E-state index contributed by atoms with van der Waals surface area (Å²) in [5.74, 6) is 0.799. The van der Waals surface area contributed by atoms with Gasteiger partial charge in [-0.15, -0.1) is 0 Å². The van der Waals surface area contributed by atoms with Crippen LogP contribution in [0.15, 0.2) is 24.3 Å². The van der Waals surface area contributed by atoms with Gasteiger partial charge >= 0.3 is 0 Å². The topological polar surface area (TPSA) is 56.7 Å². The number of nitrogens with zero attached hydrogens (tertiary/aromatic N) is 3. The van der Waals surface area contributed by atoms with Crippen molar-refractivity contribution < 1.29 is 4.39 Å². The molecule has 15 heavy (non-hydrogen) atoms. The van der Waals surface area contributed by atoms with E-state index in [-0.39, 0.29) is 12.4 Å². The van der Waals surface area contributed by atoms with Gasteiger partial charge in [0, 0.05) is 0 Å². The molecule has 2 aromatic rings. The van der Waals surface area contributed by atoms with E-state index in [1.807, 2.05) is 0 Å². The summed E-state index contributed by atoms with van der Waals surface area (Å²) >= 11 is 0. The third-order valence-corrected chi connectivity index (χ3v) is 2.04. The van der Waals surface area contributed by atoms with Gasteiger partial charge in [0.2, 0.25) is 0 Å². The van der Waals surface area contributed by atoms with Crippen molar-refractivity contribution in [2.24, 2.45) is 5.73 Å². The average molecular weight is 206 g/mol. The molecule has 0 saturated heterocycles. The zero-order chi connectivity index (χ0) is 10.8. The Bertz CT molecular complexity index is 478. The lowest BCUT2D eigenvalue weighted by Gasteiger charge is -2.04. The summed E-state index contributed by atoms with van der Waals surface area (Å²) in [5.41, 5.74) is 5.88. The van der Waals surface area contributed by atoms with Crippen molar-refractivity contribution in [3.05, 3.63) is 41.7 Å². The number of hydrogen-bond donors (Lipinski definition) is 1. The Labute approximate surface area is 86.6 Å². The summed E-state index contributed by atoms with van der Waals surface area (Å²) in [7, 11) is 0. The van der Waals surface area contributed by atoms with Crippen LogP contribution in [-0.4, -0.2) is 14.8 Å². The summed E-state index contributed by atoms with van der Waals surface area (Å²) < 4.78 is 14.9. The first-order valence-electron chi connectivity index (χ1n) is 4.60. The Balaban J connectivity index is 2.58. The van der Waals surface area contributed by atoms with E-state index in [0.29, 0.717) is 17.3 Å². The minimum absolute atomic E-state index is 0.231. The molecule has 2 rings (SSSR count). The molecule has 2 N–H and O–H groups in total. The molecule has 0 fully saturated rings. The lowest BCUT2D eigenvalue weighted by molar-refractivity contribution is 0.605. The maximum Gasteiger partial charge on any atom is 0.148 e. The van der Waals surface area contributed by atoms with E-state index in [2.05, 4.69) is 10.1 Å². The predicted octanol–water partition coefficient (Wildman–Crippen LogP) is 1.17. The predicted molar refractivity (Wildman–Crippen MR) is 53.9 cm³/mol. The van der Waals surface area contributed by atoms with Gasteiger partial charge in [0.15, 0.2) is 0 Å². The second-order valence-corrected chi connectivity index (χ2v) is 3.14.